The summed E-state index contributed by atoms with van der Waals surface area (Å²) in [6, 6.07) is 16.5. The maximum Gasteiger partial charge on any atom is 0.106 e. The second kappa shape index (κ2) is 5.67. The predicted octanol–water partition coefficient (Wildman–Crippen LogP) is 4.22. The van der Waals surface area contributed by atoms with Crippen LogP contribution in [-0.4, -0.2) is 16.1 Å². The van der Waals surface area contributed by atoms with E-state index in [2.05, 4.69) is 68.1 Å². The van der Waals surface area contributed by atoms with Gasteiger partial charge in [0.1, 0.15) is 5.82 Å². The highest BCUT2D eigenvalue weighted by atomic mass is 79.9. The van der Waals surface area contributed by atoms with Gasteiger partial charge in [-0.15, -0.1) is 0 Å². The molecule has 1 N–H and O–H groups in total. The van der Waals surface area contributed by atoms with E-state index in [4.69, 9.17) is 0 Å². The van der Waals surface area contributed by atoms with E-state index >= 15 is 0 Å². The van der Waals surface area contributed by atoms with E-state index in [1.54, 1.807) is 0 Å². The Morgan fingerprint density at radius 2 is 1.85 bits per heavy atom. The third kappa shape index (κ3) is 2.70. The molecule has 20 heavy (non-hydrogen) atoms. The van der Waals surface area contributed by atoms with Crippen LogP contribution in [0.2, 0.25) is 0 Å². The molecule has 2 aromatic carbocycles. The van der Waals surface area contributed by atoms with Crippen LogP contribution >= 0.6 is 15.9 Å². The predicted molar refractivity (Wildman–Crippen MR) is 87.1 cm³/mol. The minimum absolute atomic E-state index is 0.878. The molecule has 3 nitrogen and oxygen atoms in total. The fourth-order valence-corrected chi connectivity index (χ4v) is 2.62. The fourth-order valence-electron chi connectivity index (χ4n) is 2.36. The largest absolute Gasteiger partial charge is 0.383 e. The SMILES string of the molecule is Cc1nc2ccccc2n1CCNc1ccc(Br)cc1. The molecule has 0 saturated heterocycles. The van der Waals surface area contributed by atoms with Crippen molar-refractivity contribution in [2.45, 2.75) is 13.5 Å². The van der Waals surface area contributed by atoms with Crippen LogP contribution in [0.3, 0.4) is 0 Å². The lowest BCUT2D eigenvalue weighted by atomic mass is 10.3. The molecule has 1 heterocycles. The lowest BCUT2D eigenvalue weighted by molar-refractivity contribution is 0.721. The Hall–Kier alpha value is -1.81. The highest BCUT2D eigenvalue weighted by molar-refractivity contribution is 9.10. The molecule has 0 fully saturated rings. The molecule has 0 unspecified atom stereocenters. The minimum atomic E-state index is 0.878. The number of fused-ring (bicyclic) bond motifs is 1. The van der Waals surface area contributed by atoms with Crippen molar-refractivity contribution in [3.8, 4) is 0 Å². The second-order valence-electron chi connectivity index (χ2n) is 4.73. The standard InChI is InChI=1S/C16H16BrN3/c1-12-19-15-4-2-3-5-16(15)20(12)11-10-18-14-8-6-13(17)7-9-14/h2-9,18H,10-11H2,1H3. The van der Waals surface area contributed by atoms with Gasteiger partial charge in [-0.3, -0.25) is 0 Å². The molecule has 0 spiro atoms. The van der Waals surface area contributed by atoms with Crippen LogP contribution in [0, 0.1) is 6.92 Å². The Morgan fingerprint density at radius 1 is 1.10 bits per heavy atom. The number of nitrogens with zero attached hydrogens (tertiary/aromatic N) is 2. The molecular weight excluding hydrogens is 314 g/mol. The number of rotatable bonds is 4. The van der Waals surface area contributed by atoms with Crippen LogP contribution in [0.25, 0.3) is 11.0 Å². The van der Waals surface area contributed by atoms with Crippen LogP contribution in [0.1, 0.15) is 5.82 Å². The van der Waals surface area contributed by atoms with Gasteiger partial charge in [-0.1, -0.05) is 28.1 Å². The number of aryl methyl sites for hydroxylation is 1. The third-order valence-corrected chi connectivity index (χ3v) is 3.88. The summed E-state index contributed by atoms with van der Waals surface area (Å²) in [5.74, 6) is 1.06. The molecule has 0 amide bonds. The number of aromatic nitrogens is 2. The number of nitrogens with one attached hydrogen (secondary N) is 1. The number of para-hydroxylation sites is 2. The number of benzene rings is 2. The van der Waals surface area contributed by atoms with Crippen molar-refractivity contribution in [3.63, 3.8) is 0 Å². The molecule has 3 rings (SSSR count). The summed E-state index contributed by atoms with van der Waals surface area (Å²) in [4.78, 5) is 4.58. The number of halogens is 1. The number of imidazole rings is 1. The molecule has 0 aliphatic rings. The Morgan fingerprint density at radius 3 is 2.65 bits per heavy atom. The van der Waals surface area contributed by atoms with Gasteiger partial charge in [0.2, 0.25) is 0 Å². The van der Waals surface area contributed by atoms with Gasteiger partial charge in [0, 0.05) is 23.2 Å². The minimum Gasteiger partial charge on any atom is -0.383 e. The second-order valence-corrected chi connectivity index (χ2v) is 5.65. The summed E-state index contributed by atoms with van der Waals surface area (Å²) >= 11 is 3.44. The van der Waals surface area contributed by atoms with Gasteiger partial charge in [-0.2, -0.15) is 0 Å². The quantitative estimate of drug-likeness (QED) is 0.776. The Kier molecular flexibility index (Phi) is 3.74. The Balaban J connectivity index is 1.71. The molecule has 0 atom stereocenters. The average molecular weight is 330 g/mol. The average Bonchev–Trinajstić information content (AvgIpc) is 2.77. The van der Waals surface area contributed by atoms with Crippen LogP contribution in [-0.2, 0) is 6.54 Å². The van der Waals surface area contributed by atoms with E-state index in [0.717, 1.165) is 34.6 Å². The lowest BCUT2D eigenvalue weighted by Crippen LogP contribution is -2.11. The van der Waals surface area contributed by atoms with E-state index in [0.29, 0.717) is 0 Å². The molecule has 0 saturated carbocycles. The molecule has 0 bridgehead atoms. The first-order valence-corrected chi connectivity index (χ1v) is 7.44. The molecule has 4 heteroatoms. The first kappa shape index (κ1) is 13.2. The van der Waals surface area contributed by atoms with Crippen molar-refractivity contribution in [1.29, 1.82) is 0 Å². The summed E-state index contributed by atoms with van der Waals surface area (Å²) in [5, 5.41) is 3.43. The summed E-state index contributed by atoms with van der Waals surface area (Å²) in [6.07, 6.45) is 0. The van der Waals surface area contributed by atoms with Crippen molar-refractivity contribution in [2.75, 3.05) is 11.9 Å². The van der Waals surface area contributed by atoms with E-state index in [1.807, 2.05) is 18.2 Å². The number of anilines is 1. The van der Waals surface area contributed by atoms with E-state index in [9.17, 15) is 0 Å². The van der Waals surface area contributed by atoms with E-state index in [-0.39, 0.29) is 0 Å². The van der Waals surface area contributed by atoms with Gasteiger partial charge >= 0.3 is 0 Å². The Labute approximate surface area is 126 Å². The summed E-state index contributed by atoms with van der Waals surface area (Å²) in [7, 11) is 0. The van der Waals surface area contributed by atoms with Crippen molar-refractivity contribution in [1.82, 2.24) is 9.55 Å². The zero-order valence-electron chi connectivity index (χ0n) is 11.3. The number of hydrogen-bond acceptors (Lipinski definition) is 2. The van der Waals surface area contributed by atoms with E-state index in [1.165, 1.54) is 5.52 Å². The highest BCUT2D eigenvalue weighted by Crippen LogP contribution is 2.16. The lowest BCUT2D eigenvalue weighted by Gasteiger charge is -2.09. The molecule has 1 aromatic heterocycles. The van der Waals surface area contributed by atoms with Gasteiger partial charge in [0.05, 0.1) is 11.0 Å². The van der Waals surface area contributed by atoms with Gasteiger partial charge in [-0.25, -0.2) is 4.98 Å². The number of hydrogen-bond donors (Lipinski definition) is 1. The van der Waals surface area contributed by atoms with Gasteiger partial charge in [0.15, 0.2) is 0 Å². The molecule has 0 aliphatic heterocycles. The smallest absolute Gasteiger partial charge is 0.106 e. The maximum absolute atomic E-state index is 4.58. The summed E-state index contributed by atoms with van der Waals surface area (Å²) < 4.78 is 3.35. The van der Waals surface area contributed by atoms with Crippen molar-refractivity contribution >= 4 is 32.7 Å². The van der Waals surface area contributed by atoms with Gasteiger partial charge in [0.25, 0.3) is 0 Å². The molecular formula is C16H16BrN3. The van der Waals surface area contributed by atoms with Crippen molar-refractivity contribution in [2.24, 2.45) is 0 Å². The monoisotopic (exact) mass is 329 g/mol. The van der Waals surface area contributed by atoms with E-state index < -0.39 is 0 Å². The highest BCUT2D eigenvalue weighted by Gasteiger charge is 2.05. The molecule has 102 valence electrons. The van der Waals surface area contributed by atoms with Gasteiger partial charge < -0.3 is 9.88 Å². The Bertz CT molecular complexity index is 716. The van der Waals surface area contributed by atoms with Crippen molar-refractivity contribution < 1.29 is 0 Å². The topological polar surface area (TPSA) is 29.9 Å². The first-order valence-electron chi connectivity index (χ1n) is 6.65. The van der Waals surface area contributed by atoms with Crippen LogP contribution in [0.5, 0.6) is 0 Å². The maximum atomic E-state index is 4.58. The molecule has 0 aliphatic carbocycles. The summed E-state index contributed by atoms with van der Waals surface area (Å²) in [5.41, 5.74) is 3.39. The fraction of sp³-hybridized carbons (Fsp3) is 0.188. The van der Waals surface area contributed by atoms with Gasteiger partial charge in [-0.05, 0) is 43.3 Å². The third-order valence-electron chi connectivity index (χ3n) is 3.35. The molecule has 3 aromatic rings. The van der Waals surface area contributed by atoms with Crippen LogP contribution < -0.4 is 5.32 Å². The summed E-state index contributed by atoms with van der Waals surface area (Å²) in [6.45, 7) is 3.84. The van der Waals surface area contributed by atoms with Crippen LogP contribution in [0.15, 0.2) is 53.0 Å². The first-order chi connectivity index (χ1) is 9.74. The van der Waals surface area contributed by atoms with Crippen LogP contribution in [0.4, 0.5) is 5.69 Å². The zero-order chi connectivity index (χ0) is 13.9. The normalized spacial score (nSPS) is 10.9. The molecule has 0 radical (unpaired) electrons. The zero-order valence-corrected chi connectivity index (χ0v) is 12.9. The van der Waals surface area contributed by atoms with Crippen molar-refractivity contribution in [3.05, 3.63) is 58.8 Å².